The summed E-state index contributed by atoms with van der Waals surface area (Å²) in [6.45, 7) is 6.85. The Balaban J connectivity index is 1.90. The second-order valence-corrected chi connectivity index (χ2v) is 6.81. The van der Waals surface area contributed by atoms with Crippen LogP contribution in [-0.2, 0) is 9.57 Å². The molecule has 6 heteroatoms. The topological polar surface area (TPSA) is 76.8 Å². The minimum atomic E-state index is -0.649. The largest absolute Gasteiger partial charge is 0.528 e. The van der Waals surface area contributed by atoms with Gasteiger partial charge in [0.05, 0.1) is 17.4 Å². The number of hydroxylamine groups is 2. The van der Waals surface area contributed by atoms with Crippen molar-refractivity contribution in [2.75, 3.05) is 24.1 Å². The molecule has 0 saturated carbocycles. The van der Waals surface area contributed by atoms with Gasteiger partial charge in [0.2, 0.25) is 0 Å². The van der Waals surface area contributed by atoms with E-state index in [2.05, 4.69) is 5.32 Å². The predicted molar refractivity (Wildman–Crippen MR) is 91.0 cm³/mol. The second kappa shape index (κ2) is 7.55. The van der Waals surface area contributed by atoms with Crippen molar-refractivity contribution in [2.24, 2.45) is 0 Å². The number of piperidine rings is 1. The van der Waals surface area contributed by atoms with Gasteiger partial charge in [-0.25, -0.2) is 4.79 Å². The maximum Gasteiger partial charge on any atom is 0.528 e. The van der Waals surface area contributed by atoms with Gasteiger partial charge in [-0.2, -0.15) is 0 Å². The highest BCUT2D eigenvalue weighted by atomic mass is 16.8. The number of anilines is 2. The first-order valence-corrected chi connectivity index (χ1v) is 8.11. The van der Waals surface area contributed by atoms with Gasteiger partial charge in [-0.1, -0.05) is 18.6 Å². The standard InChI is InChI=1S/C17H27N3O3/c1-17(2,3)22-16(21)23-20-11-7-6-8-13(20)12-19-15-10-5-4-9-14(15)18/h4-5,9-10,13,19H,6-8,11-12,18H2,1-3H3. The van der Waals surface area contributed by atoms with Crippen molar-refractivity contribution in [3.8, 4) is 0 Å². The molecule has 1 atom stereocenters. The molecule has 1 saturated heterocycles. The molecule has 0 spiro atoms. The molecule has 2 rings (SSSR count). The van der Waals surface area contributed by atoms with Crippen LogP contribution in [0.2, 0.25) is 0 Å². The van der Waals surface area contributed by atoms with Gasteiger partial charge < -0.3 is 20.6 Å². The number of benzene rings is 1. The lowest BCUT2D eigenvalue weighted by molar-refractivity contribution is -0.173. The van der Waals surface area contributed by atoms with Crippen LogP contribution in [0.1, 0.15) is 40.0 Å². The number of nitrogens with zero attached hydrogens (tertiary/aromatic N) is 1. The van der Waals surface area contributed by atoms with E-state index in [4.69, 9.17) is 15.3 Å². The van der Waals surface area contributed by atoms with Crippen LogP contribution in [0.25, 0.3) is 0 Å². The Morgan fingerprint density at radius 2 is 2.09 bits per heavy atom. The third kappa shape index (κ3) is 5.63. The molecule has 1 aliphatic heterocycles. The number of hydrogen-bond donors (Lipinski definition) is 2. The highest BCUT2D eigenvalue weighted by Crippen LogP contribution is 2.21. The number of nitrogens with one attached hydrogen (secondary N) is 1. The molecule has 1 aliphatic rings. The van der Waals surface area contributed by atoms with Crippen LogP contribution in [0, 0.1) is 0 Å². The van der Waals surface area contributed by atoms with E-state index in [1.165, 1.54) is 0 Å². The van der Waals surface area contributed by atoms with Crippen LogP contribution in [0.15, 0.2) is 24.3 Å². The molecule has 1 unspecified atom stereocenters. The van der Waals surface area contributed by atoms with Crippen molar-refractivity contribution in [3.63, 3.8) is 0 Å². The number of rotatable bonds is 4. The zero-order valence-corrected chi connectivity index (χ0v) is 14.2. The molecule has 23 heavy (non-hydrogen) atoms. The van der Waals surface area contributed by atoms with E-state index in [-0.39, 0.29) is 6.04 Å². The fourth-order valence-electron chi connectivity index (χ4n) is 2.55. The molecule has 1 heterocycles. The molecular weight excluding hydrogens is 294 g/mol. The van der Waals surface area contributed by atoms with Crippen molar-refractivity contribution in [2.45, 2.75) is 51.7 Å². The van der Waals surface area contributed by atoms with Crippen molar-refractivity contribution in [1.82, 2.24) is 5.06 Å². The summed E-state index contributed by atoms with van der Waals surface area (Å²) in [7, 11) is 0. The van der Waals surface area contributed by atoms with Crippen molar-refractivity contribution >= 4 is 17.5 Å². The maximum absolute atomic E-state index is 11.9. The van der Waals surface area contributed by atoms with Crippen LogP contribution in [0.3, 0.4) is 0 Å². The summed E-state index contributed by atoms with van der Waals surface area (Å²) in [4.78, 5) is 17.3. The zero-order chi connectivity index (χ0) is 16.9. The van der Waals surface area contributed by atoms with Gasteiger partial charge in [0.15, 0.2) is 0 Å². The van der Waals surface area contributed by atoms with Gasteiger partial charge in [0, 0.05) is 13.1 Å². The third-order valence-corrected chi connectivity index (χ3v) is 3.64. The summed E-state index contributed by atoms with van der Waals surface area (Å²) in [5.41, 5.74) is 6.99. The first-order chi connectivity index (χ1) is 10.8. The lowest BCUT2D eigenvalue weighted by Crippen LogP contribution is -2.45. The molecule has 1 fully saturated rings. The van der Waals surface area contributed by atoms with Gasteiger partial charge >= 0.3 is 6.16 Å². The Kier molecular flexibility index (Phi) is 5.71. The van der Waals surface area contributed by atoms with Gasteiger partial charge in [0.1, 0.15) is 5.60 Å². The average molecular weight is 321 g/mol. The molecule has 0 radical (unpaired) electrons. The monoisotopic (exact) mass is 321 g/mol. The lowest BCUT2D eigenvalue weighted by atomic mass is 10.0. The number of nitrogens with two attached hydrogens (primary N) is 1. The van der Waals surface area contributed by atoms with Crippen LogP contribution in [-0.4, -0.2) is 36.0 Å². The van der Waals surface area contributed by atoms with Gasteiger partial charge in [-0.15, -0.1) is 5.06 Å². The summed E-state index contributed by atoms with van der Waals surface area (Å²) < 4.78 is 5.23. The Morgan fingerprint density at radius 1 is 1.35 bits per heavy atom. The number of hydrogen-bond acceptors (Lipinski definition) is 6. The molecular formula is C17H27N3O3. The van der Waals surface area contributed by atoms with Crippen molar-refractivity contribution < 1.29 is 14.4 Å². The first-order valence-electron chi connectivity index (χ1n) is 8.11. The van der Waals surface area contributed by atoms with E-state index in [1.807, 2.05) is 45.0 Å². The van der Waals surface area contributed by atoms with Crippen LogP contribution in [0.5, 0.6) is 0 Å². The zero-order valence-electron chi connectivity index (χ0n) is 14.2. The number of para-hydroxylation sites is 2. The Labute approximate surface area is 137 Å². The summed E-state index contributed by atoms with van der Waals surface area (Å²) in [6.07, 6.45) is 2.43. The maximum atomic E-state index is 11.9. The molecule has 128 valence electrons. The van der Waals surface area contributed by atoms with E-state index in [9.17, 15) is 4.79 Å². The summed E-state index contributed by atoms with van der Waals surface area (Å²) in [5.74, 6) is 0. The van der Waals surface area contributed by atoms with Gasteiger partial charge in [0.25, 0.3) is 0 Å². The fraction of sp³-hybridized carbons (Fsp3) is 0.588. The highest BCUT2D eigenvalue weighted by molar-refractivity contribution is 5.65. The fourth-order valence-corrected chi connectivity index (χ4v) is 2.55. The van der Waals surface area contributed by atoms with E-state index in [0.29, 0.717) is 12.2 Å². The Hall–Kier alpha value is -1.95. The summed E-state index contributed by atoms with van der Waals surface area (Å²) in [5, 5.41) is 5.06. The van der Waals surface area contributed by atoms with Crippen molar-refractivity contribution in [1.29, 1.82) is 0 Å². The number of nitrogen functional groups attached to an aromatic ring is 1. The Bertz CT molecular complexity index is 528. The average Bonchev–Trinajstić information content (AvgIpc) is 2.46. The predicted octanol–water partition coefficient (Wildman–Crippen LogP) is 3.40. The van der Waals surface area contributed by atoms with Crippen LogP contribution in [0.4, 0.5) is 16.2 Å². The normalized spacial score (nSPS) is 19.2. The molecule has 6 nitrogen and oxygen atoms in total. The molecule has 1 aromatic carbocycles. The SMILES string of the molecule is CC(C)(C)OC(=O)ON1CCCCC1CNc1ccccc1N. The van der Waals surface area contributed by atoms with Crippen LogP contribution < -0.4 is 11.1 Å². The molecule has 0 amide bonds. The van der Waals surface area contributed by atoms with Gasteiger partial charge in [-0.05, 0) is 45.7 Å². The summed E-state index contributed by atoms with van der Waals surface area (Å²) >= 11 is 0. The minimum Gasteiger partial charge on any atom is -0.427 e. The third-order valence-electron chi connectivity index (χ3n) is 3.64. The van der Waals surface area contributed by atoms with E-state index in [0.717, 1.165) is 31.5 Å². The number of ether oxygens (including phenoxy) is 1. The van der Waals surface area contributed by atoms with Crippen LogP contribution >= 0.6 is 0 Å². The molecule has 0 bridgehead atoms. The van der Waals surface area contributed by atoms with E-state index in [1.54, 1.807) is 5.06 Å². The first kappa shape index (κ1) is 17.4. The quantitative estimate of drug-likeness (QED) is 0.654. The molecule has 1 aromatic rings. The number of carbonyl (C=O) groups excluding carboxylic acids is 1. The number of carbonyl (C=O) groups is 1. The lowest BCUT2D eigenvalue weighted by Gasteiger charge is -2.34. The van der Waals surface area contributed by atoms with E-state index < -0.39 is 11.8 Å². The van der Waals surface area contributed by atoms with E-state index >= 15 is 0 Å². The second-order valence-electron chi connectivity index (χ2n) is 6.81. The van der Waals surface area contributed by atoms with Crippen molar-refractivity contribution in [3.05, 3.63) is 24.3 Å². The molecule has 0 aliphatic carbocycles. The molecule has 0 aromatic heterocycles. The van der Waals surface area contributed by atoms with Gasteiger partial charge in [-0.3, -0.25) is 0 Å². The smallest absolute Gasteiger partial charge is 0.427 e. The molecule has 3 N–H and O–H groups in total. The Morgan fingerprint density at radius 3 is 2.78 bits per heavy atom. The summed E-state index contributed by atoms with van der Waals surface area (Å²) in [6, 6.07) is 7.75. The minimum absolute atomic E-state index is 0.107. The highest BCUT2D eigenvalue weighted by Gasteiger charge is 2.28.